The normalized spacial score (nSPS) is 17.0. The molecule has 1 fully saturated rings. The SMILES string of the molecule is CCC1CCCCN1C(=O)c1ccc(Nc2cc(C)ccc2OC)nn1. The van der Waals surface area contributed by atoms with Crippen LogP contribution in [0.25, 0.3) is 0 Å². The molecule has 138 valence electrons. The van der Waals surface area contributed by atoms with Gasteiger partial charge >= 0.3 is 0 Å². The topological polar surface area (TPSA) is 67.4 Å². The van der Waals surface area contributed by atoms with Crippen molar-refractivity contribution in [2.24, 2.45) is 0 Å². The highest BCUT2D eigenvalue weighted by Crippen LogP contribution is 2.28. The summed E-state index contributed by atoms with van der Waals surface area (Å²) >= 11 is 0. The molecule has 1 amide bonds. The molecule has 3 rings (SSSR count). The zero-order valence-electron chi connectivity index (χ0n) is 15.7. The van der Waals surface area contributed by atoms with Crippen LogP contribution in [0.15, 0.2) is 30.3 Å². The van der Waals surface area contributed by atoms with Gasteiger partial charge in [0.05, 0.1) is 12.8 Å². The van der Waals surface area contributed by atoms with Crippen LogP contribution in [0.1, 0.15) is 48.7 Å². The Labute approximate surface area is 154 Å². The van der Waals surface area contributed by atoms with Crippen LogP contribution in [0.3, 0.4) is 0 Å². The third-order valence-corrected chi connectivity index (χ3v) is 4.86. The number of piperidine rings is 1. The van der Waals surface area contributed by atoms with E-state index in [1.807, 2.05) is 30.0 Å². The van der Waals surface area contributed by atoms with E-state index in [4.69, 9.17) is 4.74 Å². The Bertz CT molecular complexity index is 761. The van der Waals surface area contributed by atoms with Crippen LogP contribution in [0, 0.1) is 6.92 Å². The lowest BCUT2D eigenvalue weighted by Gasteiger charge is -2.34. The first kappa shape index (κ1) is 18.2. The Morgan fingerprint density at radius 1 is 1.27 bits per heavy atom. The number of carbonyl (C=O) groups excluding carboxylic acids is 1. The summed E-state index contributed by atoms with van der Waals surface area (Å²) in [5.41, 5.74) is 2.33. The Hall–Kier alpha value is -2.63. The highest BCUT2D eigenvalue weighted by Gasteiger charge is 2.27. The first-order chi connectivity index (χ1) is 12.6. The van der Waals surface area contributed by atoms with Crippen molar-refractivity contribution >= 4 is 17.4 Å². The van der Waals surface area contributed by atoms with Gasteiger partial charge in [-0.3, -0.25) is 4.79 Å². The summed E-state index contributed by atoms with van der Waals surface area (Å²) in [6, 6.07) is 9.71. The average Bonchev–Trinajstić information content (AvgIpc) is 2.68. The van der Waals surface area contributed by atoms with E-state index < -0.39 is 0 Å². The van der Waals surface area contributed by atoms with Crippen molar-refractivity contribution in [2.45, 2.75) is 45.6 Å². The Balaban J connectivity index is 1.74. The van der Waals surface area contributed by atoms with Crippen LogP contribution < -0.4 is 10.1 Å². The Kier molecular flexibility index (Phi) is 5.71. The molecule has 0 spiro atoms. The number of nitrogens with one attached hydrogen (secondary N) is 1. The summed E-state index contributed by atoms with van der Waals surface area (Å²) in [5, 5.41) is 11.5. The van der Waals surface area contributed by atoms with Crippen molar-refractivity contribution in [1.29, 1.82) is 0 Å². The summed E-state index contributed by atoms with van der Waals surface area (Å²) in [6.07, 6.45) is 4.30. The molecule has 1 saturated heterocycles. The van der Waals surface area contributed by atoms with E-state index in [9.17, 15) is 4.79 Å². The molecular weight excluding hydrogens is 328 g/mol. The van der Waals surface area contributed by atoms with Crippen LogP contribution in [-0.2, 0) is 0 Å². The van der Waals surface area contributed by atoms with Crippen LogP contribution >= 0.6 is 0 Å². The molecule has 0 radical (unpaired) electrons. The van der Waals surface area contributed by atoms with Crippen molar-refractivity contribution in [3.8, 4) is 5.75 Å². The molecule has 6 nitrogen and oxygen atoms in total. The third-order valence-electron chi connectivity index (χ3n) is 4.86. The second kappa shape index (κ2) is 8.17. The molecule has 0 bridgehead atoms. The van der Waals surface area contributed by atoms with Gasteiger partial charge in [0.15, 0.2) is 11.5 Å². The Morgan fingerprint density at radius 3 is 2.81 bits per heavy atom. The number of nitrogens with zero attached hydrogens (tertiary/aromatic N) is 3. The smallest absolute Gasteiger partial charge is 0.274 e. The fraction of sp³-hybridized carbons (Fsp3) is 0.450. The summed E-state index contributed by atoms with van der Waals surface area (Å²) in [7, 11) is 1.63. The zero-order chi connectivity index (χ0) is 18.5. The van der Waals surface area contributed by atoms with Crippen LogP contribution in [0.4, 0.5) is 11.5 Å². The van der Waals surface area contributed by atoms with E-state index in [0.29, 0.717) is 17.6 Å². The van der Waals surface area contributed by atoms with Gasteiger partial charge in [-0.2, -0.15) is 0 Å². The molecule has 1 aliphatic heterocycles. The number of ether oxygens (including phenoxy) is 1. The van der Waals surface area contributed by atoms with Crippen molar-refractivity contribution in [1.82, 2.24) is 15.1 Å². The number of rotatable bonds is 5. The molecule has 2 aromatic rings. The molecule has 1 aliphatic rings. The van der Waals surface area contributed by atoms with Crippen molar-refractivity contribution in [2.75, 3.05) is 19.0 Å². The maximum Gasteiger partial charge on any atom is 0.274 e. The van der Waals surface area contributed by atoms with Crippen molar-refractivity contribution in [3.05, 3.63) is 41.6 Å². The number of methoxy groups -OCH3 is 1. The first-order valence-electron chi connectivity index (χ1n) is 9.18. The predicted molar refractivity (Wildman–Crippen MR) is 102 cm³/mol. The second-order valence-electron chi connectivity index (χ2n) is 6.69. The molecular formula is C20H26N4O2. The monoisotopic (exact) mass is 354 g/mol. The lowest BCUT2D eigenvalue weighted by molar-refractivity contribution is 0.0601. The van der Waals surface area contributed by atoms with E-state index in [0.717, 1.165) is 42.8 Å². The van der Waals surface area contributed by atoms with E-state index in [-0.39, 0.29) is 5.91 Å². The van der Waals surface area contributed by atoms with Gasteiger partial charge in [-0.25, -0.2) is 0 Å². The minimum absolute atomic E-state index is 0.0243. The van der Waals surface area contributed by atoms with Gasteiger partial charge in [-0.15, -0.1) is 10.2 Å². The summed E-state index contributed by atoms with van der Waals surface area (Å²) in [6.45, 7) is 4.95. The van der Waals surface area contributed by atoms with Crippen molar-refractivity contribution in [3.63, 3.8) is 0 Å². The number of anilines is 2. The molecule has 26 heavy (non-hydrogen) atoms. The number of benzene rings is 1. The summed E-state index contributed by atoms with van der Waals surface area (Å²) in [4.78, 5) is 14.7. The second-order valence-corrected chi connectivity index (χ2v) is 6.69. The lowest BCUT2D eigenvalue weighted by Crippen LogP contribution is -2.43. The molecule has 6 heteroatoms. The number of aromatic nitrogens is 2. The molecule has 0 saturated carbocycles. The highest BCUT2D eigenvalue weighted by atomic mass is 16.5. The molecule has 1 aromatic heterocycles. The molecule has 0 aliphatic carbocycles. The molecule has 1 atom stereocenters. The molecule has 1 N–H and O–H groups in total. The number of likely N-dealkylation sites (tertiary alicyclic amines) is 1. The van der Waals surface area contributed by atoms with Gasteiger partial charge in [-0.1, -0.05) is 13.0 Å². The van der Waals surface area contributed by atoms with Gasteiger partial charge in [0.25, 0.3) is 5.91 Å². The fourth-order valence-electron chi connectivity index (χ4n) is 3.41. The van der Waals surface area contributed by atoms with E-state index in [1.165, 1.54) is 6.42 Å². The summed E-state index contributed by atoms with van der Waals surface area (Å²) in [5.74, 6) is 1.29. The molecule has 2 heterocycles. The number of amides is 1. The Morgan fingerprint density at radius 2 is 2.12 bits per heavy atom. The van der Waals surface area contributed by atoms with E-state index in [1.54, 1.807) is 19.2 Å². The van der Waals surface area contributed by atoms with Crippen LogP contribution in [0.5, 0.6) is 5.75 Å². The predicted octanol–water partition coefficient (Wildman–Crippen LogP) is 3.94. The lowest BCUT2D eigenvalue weighted by atomic mass is 9.99. The highest BCUT2D eigenvalue weighted by molar-refractivity contribution is 5.92. The van der Waals surface area contributed by atoms with Crippen LogP contribution in [0.2, 0.25) is 0 Å². The van der Waals surface area contributed by atoms with Gasteiger partial charge in [-0.05, 0) is 62.4 Å². The van der Waals surface area contributed by atoms with Gasteiger partial charge in [0, 0.05) is 12.6 Å². The maximum absolute atomic E-state index is 12.8. The minimum atomic E-state index is -0.0243. The fourth-order valence-corrected chi connectivity index (χ4v) is 3.41. The quantitative estimate of drug-likeness (QED) is 0.881. The molecule has 1 unspecified atom stereocenters. The summed E-state index contributed by atoms with van der Waals surface area (Å²) < 4.78 is 5.37. The number of hydrogen-bond donors (Lipinski definition) is 1. The van der Waals surface area contributed by atoms with Gasteiger partial charge < -0.3 is 15.0 Å². The van der Waals surface area contributed by atoms with Crippen molar-refractivity contribution < 1.29 is 9.53 Å². The number of carbonyl (C=O) groups is 1. The number of aryl methyl sites for hydroxylation is 1. The largest absolute Gasteiger partial charge is 0.495 e. The third kappa shape index (κ3) is 3.95. The maximum atomic E-state index is 12.8. The number of hydrogen-bond acceptors (Lipinski definition) is 5. The standard InChI is InChI=1S/C20H26N4O2/c1-4-15-7-5-6-12-24(15)20(25)16-9-11-19(23-22-16)21-17-13-14(2)8-10-18(17)26-3/h8-11,13,15H,4-7,12H2,1-3H3,(H,21,23). The van der Waals surface area contributed by atoms with Gasteiger partial charge in [0.2, 0.25) is 0 Å². The van der Waals surface area contributed by atoms with E-state index in [2.05, 4.69) is 22.4 Å². The van der Waals surface area contributed by atoms with Crippen LogP contribution in [-0.4, -0.2) is 40.7 Å². The van der Waals surface area contributed by atoms with E-state index >= 15 is 0 Å². The minimum Gasteiger partial charge on any atom is -0.495 e. The zero-order valence-corrected chi connectivity index (χ0v) is 15.7. The van der Waals surface area contributed by atoms with Gasteiger partial charge in [0.1, 0.15) is 5.75 Å². The molecule has 1 aromatic carbocycles. The first-order valence-corrected chi connectivity index (χ1v) is 9.18. The average molecular weight is 354 g/mol.